The van der Waals surface area contributed by atoms with Crippen molar-refractivity contribution in [2.45, 2.75) is 38.5 Å². The van der Waals surface area contributed by atoms with Gasteiger partial charge in [0.25, 0.3) is 0 Å². The number of carbonyl (C=O) groups excluding carboxylic acids is 1. The van der Waals surface area contributed by atoms with Crippen molar-refractivity contribution in [2.75, 3.05) is 6.54 Å². The molecule has 4 heteroatoms. The highest BCUT2D eigenvalue weighted by atomic mass is 32.1. The first-order chi connectivity index (χ1) is 12.8. The van der Waals surface area contributed by atoms with E-state index in [2.05, 4.69) is 29.6 Å². The fourth-order valence-corrected chi connectivity index (χ4v) is 5.08. The second-order valence-corrected chi connectivity index (χ2v) is 8.35. The molecule has 3 nitrogen and oxygen atoms in total. The zero-order valence-electron chi connectivity index (χ0n) is 14.9. The average molecular weight is 365 g/mol. The minimum atomic E-state index is -0.273. The Morgan fingerprint density at radius 2 is 1.77 bits per heavy atom. The first kappa shape index (κ1) is 17.2. The summed E-state index contributed by atoms with van der Waals surface area (Å²) in [4.78, 5) is 17.8. The summed E-state index contributed by atoms with van der Waals surface area (Å²) >= 11 is 1.73. The van der Waals surface area contributed by atoms with Gasteiger partial charge in [0, 0.05) is 13.0 Å². The van der Waals surface area contributed by atoms with Gasteiger partial charge < -0.3 is 5.32 Å². The minimum Gasteiger partial charge on any atom is -0.355 e. The summed E-state index contributed by atoms with van der Waals surface area (Å²) in [5.41, 5.74) is 2.04. The largest absolute Gasteiger partial charge is 0.355 e. The number of para-hydroxylation sites is 1. The molecule has 0 saturated heterocycles. The molecule has 0 bridgehead atoms. The van der Waals surface area contributed by atoms with Crippen LogP contribution in [0.1, 0.15) is 36.3 Å². The van der Waals surface area contributed by atoms with Crippen LogP contribution in [0.15, 0.2) is 54.6 Å². The lowest BCUT2D eigenvalue weighted by molar-refractivity contribution is -0.130. The van der Waals surface area contributed by atoms with Crippen molar-refractivity contribution in [3.8, 4) is 0 Å². The summed E-state index contributed by atoms with van der Waals surface area (Å²) in [5, 5.41) is 4.30. The van der Waals surface area contributed by atoms with Gasteiger partial charge >= 0.3 is 0 Å². The van der Waals surface area contributed by atoms with Gasteiger partial charge in [-0.25, -0.2) is 4.98 Å². The van der Waals surface area contributed by atoms with Crippen LogP contribution < -0.4 is 5.32 Å². The van der Waals surface area contributed by atoms with Crippen molar-refractivity contribution in [1.82, 2.24) is 10.3 Å². The van der Waals surface area contributed by atoms with E-state index in [4.69, 9.17) is 4.98 Å². The molecule has 1 N–H and O–H groups in total. The lowest BCUT2D eigenvalue weighted by Gasteiger charge is -2.26. The molecule has 1 amide bonds. The van der Waals surface area contributed by atoms with Crippen LogP contribution in [0.25, 0.3) is 10.2 Å². The predicted molar refractivity (Wildman–Crippen MR) is 107 cm³/mol. The lowest BCUT2D eigenvalue weighted by atomic mass is 9.82. The number of hydrogen-bond donors (Lipinski definition) is 1. The van der Waals surface area contributed by atoms with Gasteiger partial charge in [-0.2, -0.15) is 0 Å². The molecular weight excluding hydrogens is 340 g/mol. The highest BCUT2D eigenvalue weighted by Crippen LogP contribution is 2.42. The maximum Gasteiger partial charge on any atom is 0.226 e. The van der Waals surface area contributed by atoms with Gasteiger partial charge in [0.1, 0.15) is 0 Å². The Morgan fingerprint density at radius 1 is 1.04 bits per heavy atom. The molecule has 0 atom stereocenters. The number of benzene rings is 2. The first-order valence-electron chi connectivity index (χ1n) is 9.42. The quantitative estimate of drug-likeness (QED) is 0.685. The zero-order valence-corrected chi connectivity index (χ0v) is 15.7. The molecule has 26 heavy (non-hydrogen) atoms. The highest BCUT2D eigenvalue weighted by Gasteiger charge is 2.41. The first-order valence-corrected chi connectivity index (χ1v) is 10.2. The second-order valence-electron chi connectivity index (χ2n) is 7.23. The number of hydrogen-bond acceptors (Lipinski definition) is 3. The van der Waals surface area contributed by atoms with Crippen molar-refractivity contribution in [3.05, 3.63) is 65.2 Å². The van der Waals surface area contributed by atoms with Crippen LogP contribution in [0, 0.1) is 5.41 Å². The third-order valence-corrected chi connectivity index (χ3v) is 6.45. The number of rotatable bonds is 6. The van der Waals surface area contributed by atoms with Crippen molar-refractivity contribution < 1.29 is 4.79 Å². The molecule has 1 heterocycles. The minimum absolute atomic E-state index is 0.213. The van der Waals surface area contributed by atoms with Crippen molar-refractivity contribution in [3.63, 3.8) is 0 Å². The predicted octanol–water partition coefficient (Wildman–Crippen LogP) is 4.76. The molecule has 3 aromatic rings. The average Bonchev–Trinajstić information content (AvgIpc) is 3.30. The number of amides is 1. The fourth-order valence-electron chi connectivity index (χ4n) is 3.97. The number of carbonyl (C=O) groups is 1. The van der Waals surface area contributed by atoms with Crippen LogP contribution in [0.5, 0.6) is 0 Å². The fraction of sp³-hybridized carbons (Fsp3) is 0.364. The molecule has 4 rings (SSSR count). The SMILES string of the molecule is O=C(NCCc1ccccc1)C1(Cc2nc3ccccc3s2)CCCC1. The maximum absolute atomic E-state index is 13.0. The third kappa shape index (κ3) is 3.65. The summed E-state index contributed by atoms with van der Waals surface area (Å²) in [6, 6.07) is 18.6. The Bertz CT molecular complexity index is 848. The van der Waals surface area contributed by atoms with E-state index < -0.39 is 0 Å². The van der Waals surface area contributed by atoms with E-state index in [0.717, 1.165) is 49.0 Å². The number of thiazole rings is 1. The normalized spacial score (nSPS) is 16.0. The van der Waals surface area contributed by atoms with Gasteiger partial charge in [-0.05, 0) is 37.0 Å². The Labute approximate surface area is 158 Å². The molecule has 0 unspecified atom stereocenters. The van der Waals surface area contributed by atoms with E-state index in [1.807, 2.05) is 30.3 Å². The summed E-state index contributed by atoms with van der Waals surface area (Å²) < 4.78 is 1.21. The van der Waals surface area contributed by atoms with Gasteiger partial charge in [0.05, 0.1) is 20.6 Å². The Hall–Kier alpha value is -2.20. The summed E-state index contributed by atoms with van der Waals surface area (Å²) in [5.74, 6) is 0.213. The molecule has 0 spiro atoms. The van der Waals surface area contributed by atoms with E-state index >= 15 is 0 Å². The zero-order chi connectivity index (χ0) is 17.8. The molecule has 1 fully saturated rings. The molecule has 134 valence electrons. The topological polar surface area (TPSA) is 42.0 Å². The Balaban J connectivity index is 1.44. The van der Waals surface area contributed by atoms with E-state index in [1.54, 1.807) is 11.3 Å². The molecule has 0 aliphatic heterocycles. The van der Waals surface area contributed by atoms with E-state index in [-0.39, 0.29) is 11.3 Å². The van der Waals surface area contributed by atoms with Gasteiger partial charge in [0.15, 0.2) is 0 Å². The number of aromatic nitrogens is 1. The smallest absolute Gasteiger partial charge is 0.226 e. The molecule has 2 aromatic carbocycles. The Kier molecular flexibility index (Phi) is 5.02. The summed E-state index contributed by atoms with van der Waals surface area (Å²) in [6.07, 6.45) is 5.86. The molecule has 0 radical (unpaired) electrons. The highest BCUT2D eigenvalue weighted by molar-refractivity contribution is 7.18. The molecule has 1 saturated carbocycles. The van der Waals surface area contributed by atoms with Gasteiger partial charge in [-0.3, -0.25) is 4.79 Å². The van der Waals surface area contributed by atoms with Crippen LogP contribution in [0.3, 0.4) is 0 Å². The van der Waals surface area contributed by atoms with Gasteiger partial charge in [-0.15, -0.1) is 11.3 Å². The lowest BCUT2D eigenvalue weighted by Crippen LogP contribution is -2.41. The van der Waals surface area contributed by atoms with Crippen LogP contribution in [0.4, 0.5) is 0 Å². The molecule has 1 aliphatic carbocycles. The Morgan fingerprint density at radius 3 is 2.54 bits per heavy atom. The number of nitrogens with zero attached hydrogens (tertiary/aromatic N) is 1. The monoisotopic (exact) mass is 364 g/mol. The second kappa shape index (κ2) is 7.58. The molecule has 1 aliphatic rings. The summed E-state index contributed by atoms with van der Waals surface area (Å²) in [7, 11) is 0. The maximum atomic E-state index is 13.0. The standard InChI is InChI=1S/C22H24N2OS/c25-21(23-15-12-17-8-2-1-3-9-17)22(13-6-7-14-22)16-20-24-18-10-4-5-11-19(18)26-20/h1-5,8-11H,6-7,12-16H2,(H,23,25). The van der Waals surface area contributed by atoms with Crippen molar-refractivity contribution in [2.24, 2.45) is 5.41 Å². The van der Waals surface area contributed by atoms with Gasteiger partial charge in [-0.1, -0.05) is 55.3 Å². The van der Waals surface area contributed by atoms with Crippen molar-refractivity contribution in [1.29, 1.82) is 0 Å². The van der Waals surface area contributed by atoms with Crippen molar-refractivity contribution >= 4 is 27.5 Å². The van der Waals surface area contributed by atoms with Gasteiger partial charge in [0.2, 0.25) is 5.91 Å². The van der Waals surface area contributed by atoms with Crippen LogP contribution >= 0.6 is 11.3 Å². The summed E-state index contributed by atoms with van der Waals surface area (Å²) in [6.45, 7) is 0.699. The van der Waals surface area contributed by atoms with E-state index in [0.29, 0.717) is 6.54 Å². The van der Waals surface area contributed by atoms with E-state index in [9.17, 15) is 4.79 Å². The molecular formula is C22H24N2OS. The van der Waals surface area contributed by atoms with Crippen LogP contribution in [0.2, 0.25) is 0 Å². The number of fused-ring (bicyclic) bond motifs is 1. The van der Waals surface area contributed by atoms with Crippen LogP contribution in [-0.2, 0) is 17.6 Å². The van der Waals surface area contributed by atoms with Crippen LogP contribution in [-0.4, -0.2) is 17.4 Å². The van der Waals surface area contributed by atoms with E-state index in [1.165, 1.54) is 10.3 Å². The third-order valence-electron chi connectivity index (χ3n) is 5.41. The number of nitrogens with one attached hydrogen (secondary N) is 1. The molecule has 1 aromatic heterocycles.